The Kier molecular flexibility index (Phi) is 6.04. The highest BCUT2D eigenvalue weighted by molar-refractivity contribution is 5.82. The van der Waals surface area contributed by atoms with Crippen LogP contribution in [0.3, 0.4) is 0 Å². The number of aryl methyl sites for hydroxylation is 2. The lowest BCUT2D eigenvalue weighted by molar-refractivity contribution is -0.0504. The molecule has 0 amide bonds. The predicted molar refractivity (Wildman–Crippen MR) is 125 cm³/mol. The number of para-hydroxylation sites is 1. The second-order valence-corrected chi connectivity index (χ2v) is 7.71. The molecular weight excluding hydrogens is 456 g/mol. The third-order valence-corrected chi connectivity index (χ3v) is 5.43. The van der Waals surface area contributed by atoms with Crippen LogP contribution in [0.15, 0.2) is 59.3 Å². The Labute approximate surface area is 198 Å². The van der Waals surface area contributed by atoms with E-state index in [4.69, 9.17) is 9.15 Å². The first-order chi connectivity index (χ1) is 17.0. The molecule has 0 radical (unpaired) electrons. The van der Waals surface area contributed by atoms with Crippen molar-refractivity contribution in [2.45, 2.75) is 33.4 Å². The summed E-state index contributed by atoms with van der Waals surface area (Å²) < 4.78 is 37.8. The molecule has 3 heterocycles. The van der Waals surface area contributed by atoms with E-state index in [1.807, 2.05) is 36.6 Å². The molecular formula is C24H21F2N7O2. The van der Waals surface area contributed by atoms with Crippen LogP contribution in [0.2, 0.25) is 0 Å². The molecule has 9 nitrogen and oxygen atoms in total. The molecule has 0 saturated heterocycles. The summed E-state index contributed by atoms with van der Waals surface area (Å²) in [7, 11) is 0. The molecule has 1 N–H and O–H groups in total. The topological polar surface area (TPSA) is 104 Å². The van der Waals surface area contributed by atoms with Crippen molar-refractivity contribution in [3.63, 3.8) is 0 Å². The van der Waals surface area contributed by atoms with E-state index in [2.05, 4.69) is 30.5 Å². The van der Waals surface area contributed by atoms with Crippen LogP contribution in [0.25, 0.3) is 22.2 Å². The molecule has 0 bridgehead atoms. The van der Waals surface area contributed by atoms with Gasteiger partial charge in [0.2, 0.25) is 11.8 Å². The minimum Gasteiger partial charge on any atom is -0.434 e. The summed E-state index contributed by atoms with van der Waals surface area (Å²) in [4.78, 5) is 13.3. The Bertz CT molecular complexity index is 1460. The number of hydrogen-bond acceptors (Lipinski definition) is 8. The highest BCUT2D eigenvalue weighted by atomic mass is 19.3. The van der Waals surface area contributed by atoms with Crippen LogP contribution >= 0.6 is 0 Å². The lowest BCUT2D eigenvalue weighted by Gasteiger charge is -2.13. The predicted octanol–water partition coefficient (Wildman–Crippen LogP) is 5.14. The Morgan fingerprint density at radius 2 is 1.86 bits per heavy atom. The normalized spacial score (nSPS) is 11.3. The van der Waals surface area contributed by atoms with Gasteiger partial charge in [0.15, 0.2) is 0 Å². The number of ether oxygens (including phenoxy) is 1. The standard InChI is InChI=1S/C24H21F2N7O2/c1-3-21-31-32-24(35-21)30-23-27-11-17(12-28-23)15-8-9-18-19(10-15)33(14(2)29-18)13-16-6-4-5-7-20(16)34-22(25)26/h4-12,22H,3,13H2,1-2H3,(H,27,28,30,32). The molecule has 5 rings (SSSR count). The molecule has 0 spiro atoms. The van der Waals surface area contributed by atoms with Crippen molar-refractivity contribution in [1.29, 1.82) is 0 Å². The van der Waals surface area contributed by atoms with Crippen LogP contribution in [-0.2, 0) is 13.0 Å². The summed E-state index contributed by atoms with van der Waals surface area (Å²) >= 11 is 0. The molecule has 0 aliphatic carbocycles. The third kappa shape index (κ3) is 4.79. The molecule has 3 aromatic heterocycles. The van der Waals surface area contributed by atoms with Crippen molar-refractivity contribution in [2.75, 3.05) is 5.32 Å². The van der Waals surface area contributed by atoms with Crippen LogP contribution in [-0.4, -0.2) is 36.3 Å². The molecule has 0 aliphatic rings. The molecule has 11 heteroatoms. The number of halogens is 2. The summed E-state index contributed by atoms with van der Waals surface area (Å²) in [6.45, 7) is 1.23. The average Bonchev–Trinajstić information content (AvgIpc) is 3.43. The van der Waals surface area contributed by atoms with Gasteiger partial charge in [0.25, 0.3) is 0 Å². The highest BCUT2D eigenvalue weighted by Gasteiger charge is 2.14. The van der Waals surface area contributed by atoms with E-state index in [9.17, 15) is 8.78 Å². The summed E-state index contributed by atoms with van der Waals surface area (Å²) in [6.07, 6.45) is 4.01. The quantitative estimate of drug-likeness (QED) is 0.328. The SMILES string of the molecule is CCc1nnc(Nc2ncc(-c3ccc4nc(C)n(Cc5ccccc5OC(F)F)c4c3)cn2)o1. The second-order valence-electron chi connectivity index (χ2n) is 7.71. The van der Waals surface area contributed by atoms with Gasteiger partial charge in [-0.3, -0.25) is 5.32 Å². The maximum atomic E-state index is 12.9. The number of anilines is 2. The lowest BCUT2D eigenvalue weighted by atomic mass is 10.1. The van der Waals surface area contributed by atoms with Gasteiger partial charge >= 0.3 is 12.6 Å². The highest BCUT2D eigenvalue weighted by Crippen LogP contribution is 2.28. The zero-order valence-corrected chi connectivity index (χ0v) is 18.9. The Morgan fingerprint density at radius 3 is 2.60 bits per heavy atom. The second kappa shape index (κ2) is 9.45. The van der Waals surface area contributed by atoms with Gasteiger partial charge in [0.05, 0.1) is 17.6 Å². The van der Waals surface area contributed by atoms with Crippen molar-refractivity contribution < 1.29 is 17.9 Å². The maximum absolute atomic E-state index is 12.9. The van der Waals surface area contributed by atoms with Gasteiger partial charge in [0.1, 0.15) is 11.6 Å². The number of nitrogens with one attached hydrogen (secondary N) is 1. The molecule has 0 unspecified atom stereocenters. The first-order valence-electron chi connectivity index (χ1n) is 10.9. The van der Waals surface area contributed by atoms with Gasteiger partial charge in [-0.15, -0.1) is 5.10 Å². The minimum atomic E-state index is -2.89. The van der Waals surface area contributed by atoms with Crippen LogP contribution in [0.1, 0.15) is 24.2 Å². The van der Waals surface area contributed by atoms with Crippen LogP contribution in [0, 0.1) is 6.92 Å². The summed E-state index contributed by atoms with van der Waals surface area (Å²) in [6, 6.07) is 12.8. The Morgan fingerprint density at radius 1 is 1.06 bits per heavy atom. The number of rotatable bonds is 8. The van der Waals surface area contributed by atoms with Crippen molar-refractivity contribution in [3.05, 3.63) is 72.1 Å². The molecule has 5 aromatic rings. The monoisotopic (exact) mass is 477 g/mol. The van der Waals surface area contributed by atoms with E-state index in [0.717, 1.165) is 28.0 Å². The van der Waals surface area contributed by atoms with E-state index >= 15 is 0 Å². The summed E-state index contributed by atoms with van der Waals surface area (Å²) in [5.74, 6) is 1.75. The van der Waals surface area contributed by atoms with Crippen molar-refractivity contribution in [2.24, 2.45) is 0 Å². The van der Waals surface area contributed by atoms with Crippen LogP contribution in [0.5, 0.6) is 5.75 Å². The van der Waals surface area contributed by atoms with E-state index in [1.165, 1.54) is 6.07 Å². The molecule has 0 atom stereocenters. The molecule has 0 fully saturated rings. The number of benzene rings is 2. The minimum absolute atomic E-state index is 0.142. The van der Waals surface area contributed by atoms with Crippen molar-refractivity contribution in [1.82, 2.24) is 29.7 Å². The Balaban J connectivity index is 1.42. The van der Waals surface area contributed by atoms with Gasteiger partial charge in [-0.05, 0) is 30.7 Å². The van der Waals surface area contributed by atoms with E-state index in [1.54, 1.807) is 30.6 Å². The zero-order valence-electron chi connectivity index (χ0n) is 18.9. The summed E-state index contributed by atoms with van der Waals surface area (Å²) in [5.41, 5.74) is 3.96. The maximum Gasteiger partial charge on any atom is 0.387 e. The number of imidazole rings is 1. The van der Waals surface area contributed by atoms with Crippen molar-refractivity contribution >= 4 is 23.0 Å². The summed E-state index contributed by atoms with van der Waals surface area (Å²) in [5, 5.41) is 10.7. The number of fused-ring (bicyclic) bond motifs is 1. The molecule has 0 saturated carbocycles. The zero-order chi connectivity index (χ0) is 24.4. The van der Waals surface area contributed by atoms with Crippen LogP contribution < -0.4 is 10.1 Å². The molecule has 2 aromatic carbocycles. The van der Waals surface area contributed by atoms with Gasteiger partial charge in [-0.1, -0.05) is 36.3 Å². The molecule has 178 valence electrons. The van der Waals surface area contributed by atoms with E-state index in [-0.39, 0.29) is 11.8 Å². The number of aromatic nitrogens is 6. The molecule has 35 heavy (non-hydrogen) atoms. The fraction of sp³-hybridized carbons (Fsp3) is 0.208. The Hall–Kier alpha value is -4.41. The largest absolute Gasteiger partial charge is 0.434 e. The van der Waals surface area contributed by atoms with Crippen LogP contribution in [0.4, 0.5) is 20.7 Å². The van der Waals surface area contributed by atoms with Gasteiger partial charge in [-0.25, -0.2) is 15.0 Å². The smallest absolute Gasteiger partial charge is 0.387 e. The number of nitrogens with zero attached hydrogens (tertiary/aromatic N) is 6. The first kappa shape index (κ1) is 22.4. The van der Waals surface area contributed by atoms with Gasteiger partial charge in [0, 0.05) is 29.9 Å². The van der Waals surface area contributed by atoms with E-state index in [0.29, 0.717) is 30.4 Å². The lowest BCUT2D eigenvalue weighted by Crippen LogP contribution is -2.08. The molecule has 0 aliphatic heterocycles. The third-order valence-electron chi connectivity index (χ3n) is 5.43. The average molecular weight is 477 g/mol. The fourth-order valence-electron chi connectivity index (χ4n) is 3.72. The van der Waals surface area contributed by atoms with Crippen molar-refractivity contribution in [3.8, 4) is 16.9 Å². The fourth-order valence-corrected chi connectivity index (χ4v) is 3.72. The van der Waals surface area contributed by atoms with Gasteiger partial charge in [-0.2, -0.15) is 8.78 Å². The van der Waals surface area contributed by atoms with Gasteiger partial charge < -0.3 is 13.7 Å². The van der Waals surface area contributed by atoms with E-state index < -0.39 is 6.61 Å². The first-order valence-corrected chi connectivity index (χ1v) is 10.9. The number of hydrogen-bond donors (Lipinski definition) is 1. The number of alkyl halides is 2.